The molecular formula is C13H16FNO2. The molecule has 0 aromatic heterocycles. The fraction of sp³-hybridized carbons (Fsp3) is 0.462. The van der Waals surface area contributed by atoms with E-state index in [0.717, 1.165) is 18.4 Å². The molecule has 3 nitrogen and oxygen atoms in total. The Labute approximate surface area is 99.9 Å². The second kappa shape index (κ2) is 4.84. The van der Waals surface area contributed by atoms with Gasteiger partial charge in [-0.15, -0.1) is 0 Å². The van der Waals surface area contributed by atoms with Gasteiger partial charge in [0.25, 0.3) is 5.91 Å². The molecule has 1 atom stereocenters. The van der Waals surface area contributed by atoms with Gasteiger partial charge in [-0.3, -0.25) is 4.79 Å². The van der Waals surface area contributed by atoms with Gasteiger partial charge in [0.1, 0.15) is 5.82 Å². The van der Waals surface area contributed by atoms with Gasteiger partial charge in [0.2, 0.25) is 0 Å². The zero-order chi connectivity index (χ0) is 12.4. The number of amides is 1. The summed E-state index contributed by atoms with van der Waals surface area (Å²) in [5.74, 6) is -0.808. The molecule has 1 fully saturated rings. The molecule has 1 saturated heterocycles. The van der Waals surface area contributed by atoms with Crippen LogP contribution >= 0.6 is 0 Å². The molecule has 0 radical (unpaired) electrons. The molecular weight excluding hydrogens is 221 g/mol. The molecule has 1 amide bonds. The van der Waals surface area contributed by atoms with Crippen LogP contribution in [-0.2, 0) is 0 Å². The highest BCUT2D eigenvalue weighted by Gasteiger charge is 2.29. The Hall–Kier alpha value is -1.42. The smallest absolute Gasteiger partial charge is 0.257 e. The van der Waals surface area contributed by atoms with Crippen LogP contribution in [0.2, 0.25) is 0 Å². The number of benzene rings is 1. The molecule has 0 saturated carbocycles. The van der Waals surface area contributed by atoms with Gasteiger partial charge in [0, 0.05) is 6.54 Å². The molecule has 2 rings (SSSR count). The molecule has 1 N–H and O–H groups in total. The summed E-state index contributed by atoms with van der Waals surface area (Å²) in [6.45, 7) is 2.32. The van der Waals surface area contributed by atoms with Crippen molar-refractivity contribution in [1.29, 1.82) is 0 Å². The Morgan fingerprint density at radius 2 is 2.35 bits per heavy atom. The Morgan fingerprint density at radius 3 is 3.00 bits per heavy atom. The zero-order valence-electron chi connectivity index (χ0n) is 9.82. The summed E-state index contributed by atoms with van der Waals surface area (Å²) < 4.78 is 13.7. The van der Waals surface area contributed by atoms with Gasteiger partial charge in [0.05, 0.1) is 18.2 Å². The van der Waals surface area contributed by atoms with Crippen LogP contribution in [0, 0.1) is 12.7 Å². The topological polar surface area (TPSA) is 40.5 Å². The van der Waals surface area contributed by atoms with Crippen LogP contribution in [0.1, 0.15) is 28.8 Å². The van der Waals surface area contributed by atoms with E-state index in [2.05, 4.69) is 0 Å². The largest absolute Gasteiger partial charge is 0.394 e. The van der Waals surface area contributed by atoms with E-state index in [9.17, 15) is 9.18 Å². The number of carbonyl (C=O) groups excluding carboxylic acids is 1. The molecule has 1 unspecified atom stereocenters. The minimum absolute atomic E-state index is 0.0563. The quantitative estimate of drug-likeness (QED) is 0.851. The molecule has 4 heteroatoms. The minimum Gasteiger partial charge on any atom is -0.394 e. The number of aryl methyl sites for hydroxylation is 1. The average Bonchev–Trinajstić information content (AvgIpc) is 2.76. The predicted molar refractivity (Wildman–Crippen MR) is 62.3 cm³/mol. The number of carbonyl (C=O) groups is 1. The first-order valence-corrected chi connectivity index (χ1v) is 5.81. The third-order valence-electron chi connectivity index (χ3n) is 3.20. The Bertz CT molecular complexity index is 433. The fourth-order valence-corrected chi connectivity index (χ4v) is 2.24. The highest BCUT2D eigenvalue weighted by Crippen LogP contribution is 2.21. The highest BCUT2D eigenvalue weighted by atomic mass is 19.1. The highest BCUT2D eigenvalue weighted by molar-refractivity contribution is 5.95. The first kappa shape index (κ1) is 12.0. The third-order valence-corrected chi connectivity index (χ3v) is 3.20. The lowest BCUT2D eigenvalue weighted by Gasteiger charge is -2.23. The summed E-state index contributed by atoms with van der Waals surface area (Å²) >= 11 is 0. The second-order valence-electron chi connectivity index (χ2n) is 4.46. The SMILES string of the molecule is Cc1ccc(C(=O)N2CCCC2CO)c(F)c1. The summed E-state index contributed by atoms with van der Waals surface area (Å²) in [6, 6.07) is 4.43. The molecule has 1 aromatic carbocycles. The van der Waals surface area contributed by atoms with Crippen molar-refractivity contribution < 1.29 is 14.3 Å². The molecule has 0 aliphatic carbocycles. The number of hydrogen-bond acceptors (Lipinski definition) is 2. The first-order valence-electron chi connectivity index (χ1n) is 5.81. The van der Waals surface area contributed by atoms with Crippen LogP contribution in [0.3, 0.4) is 0 Å². The lowest BCUT2D eigenvalue weighted by Crippen LogP contribution is -2.38. The summed E-state index contributed by atoms with van der Waals surface area (Å²) in [5, 5.41) is 9.16. The van der Waals surface area contributed by atoms with E-state index in [1.165, 1.54) is 12.1 Å². The van der Waals surface area contributed by atoms with Crippen molar-refractivity contribution >= 4 is 5.91 Å². The fourth-order valence-electron chi connectivity index (χ4n) is 2.24. The van der Waals surface area contributed by atoms with Gasteiger partial charge in [-0.25, -0.2) is 4.39 Å². The number of halogens is 1. The van der Waals surface area contributed by atoms with Crippen molar-refractivity contribution in [3.05, 3.63) is 35.1 Å². The van der Waals surface area contributed by atoms with E-state index >= 15 is 0 Å². The van der Waals surface area contributed by atoms with Crippen LogP contribution < -0.4 is 0 Å². The van der Waals surface area contributed by atoms with E-state index in [1.54, 1.807) is 17.9 Å². The number of hydrogen-bond donors (Lipinski definition) is 1. The molecule has 1 aliphatic rings. The molecule has 1 heterocycles. The zero-order valence-corrected chi connectivity index (χ0v) is 9.82. The summed E-state index contributed by atoms with van der Waals surface area (Å²) in [7, 11) is 0. The molecule has 0 bridgehead atoms. The third kappa shape index (κ3) is 2.31. The van der Waals surface area contributed by atoms with Gasteiger partial charge in [-0.1, -0.05) is 6.07 Å². The van der Waals surface area contributed by atoms with Crippen molar-refractivity contribution in [2.45, 2.75) is 25.8 Å². The summed E-state index contributed by atoms with van der Waals surface area (Å²) in [4.78, 5) is 13.7. The van der Waals surface area contributed by atoms with Gasteiger partial charge in [-0.2, -0.15) is 0 Å². The Kier molecular flexibility index (Phi) is 3.43. The van der Waals surface area contributed by atoms with Crippen LogP contribution in [-0.4, -0.2) is 35.1 Å². The molecule has 0 spiro atoms. The average molecular weight is 237 g/mol. The summed E-state index contributed by atoms with van der Waals surface area (Å²) in [5.41, 5.74) is 0.884. The lowest BCUT2D eigenvalue weighted by molar-refractivity contribution is 0.0673. The molecule has 1 aromatic rings. The van der Waals surface area contributed by atoms with Gasteiger partial charge < -0.3 is 10.0 Å². The van der Waals surface area contributed by atoms with Crippen molar-refractivity contribution in [3.8, 4) is 0 Å². The van der Waals surface area contributed by atoms with E-state index in [4.69, 9.17) is 5.11 Å². The van der Waals surface area contributed by atoms with Crippen LogP contribution in [0.15, 0.2) is 18.2 Å². The maximum atomic E-state index is 13.7. The van der Waals surface area contributed by atoms with Crippen LogP contribution in [0.25, 0.3) is 0 Å². The summed E-state index contributed by atoms with van der Waals surface area (Å²) in [6.07, 6.45) is 1.65. The van der Waals surface area contributed by atoms with Crippen molar-refractivity contribution in [2.24, 2.45) is 0 Å². The van der Waals surface area contributed by atoms with Gasteiger partial charge >= 0.3 is 0 Å². The van der Waals surface area contributed by atoms with E-state index in [0.29, 0.717) is 6.54 Å². The number of likely N-dealkylation sites (tertiary alicyclic amines) is 1. The maximum Gasteiger partial charge on any atom is 0.257 e. The Morgan fingerprint density at radius 1 is 1.59 bits per heavy atom. The van der Waals surface area contributed by atoms with Crippen molar-refractivity contribution in [2.75, 3.05) is 13.2 Å². The molecule has 92 valence electrons. The predicted octanol–water partition coefficient (Wildman–Crippen LogP) is 1.73. The molecule has 1 aliphatic heterocycles. The number of aliphatic hydroxyl groups excluding tert-OH is 1. The van der Waals surface area contributed by atoms with E-state index < -0.39 is 5.82 Å². The standard InChI is InChI=1S/C13H16FNO2/c1-9-4-5-11(12(14)7-9)13(17)15-6-2-3-10(15)8-16/h4-5,7,10,16H,2-3,6,8H2,1H3. The maximum absolute atomic E-state index is 13.7. The first-order chi connectivity index (χ1) is 8.13. The van der Waals surface area contributed by atoms with Crippen LogP contribution in [0.5, 0.6) is 0 Å². The van der Waals surface area contributed by atoms with Crippen molar-refractivity contribution in [1.82, 2.24) is 4.90 Å². The number of nitrogens with zero attached hydrogens (tertiary/aromatic N) is 1. The van der Waals surface area contributed by atoms with Crippen molar-refractivity contribution in [3.63, 3.8) is 0 Å². The minimum atomic E-state index is -0.487. The normalized spacial score (nSPS) is 19.7. The van der Waals surface area contributed by atoms with Gasteiger partial charge in [-0.05, 0) is 37.5 Å². The molecule has 17 heavy (non-hydrogen) atoms. The van der Waals surface area contributed by atoms with E-state index in [1.807, 2.05) is 0 Å². The number of aliphatic hydroxyl groups is 1. The number of rotatable bonds is 2. The van der Waals surface area contributed by atoms with E-state index in [-0.39, 0.29) is 24.1 Å². The Balaban J connectivity index is 2.24. The lowest BCUT2D eigenvalue weighted by atomic mass is 10.1. The monoisotopic (exact) mass is 237 g/mol. The van der Waals surface area contributed by atoms with Gasteiger partial charge in [0.15, 0.2) is 0 Å². The second-order valence-corrected chi connectivity index (χ2v) is 4.46. The van der Waals surface area contributed by atoms with Crippen LogP contribution in [0.4, 0.5) is 4.39 Å².